The lowest BCUT2D eigenvalue weighted by Crippen LogP contribution is -2.28. The second-order valence-electron chi connectivity index (χ2n) is 11.4. The van der Waals surface area contributed by atoms with E-state index in [4.69, 9.17) is 23.5 Å². The van der Waals surface area contributed by atoms with Gasteiger partial charge in [-0.15, -0.1) is 0 Å². The summed E-state index contributed by atoms with van der Waals surface area (Å²) < 4.78 is 33.7. The molecule has 3 atom stereocenters. The van der Waals surface area contributed by atoms with Crippen molar-refractivity contribution in [2.75, 3.05) is 39.2 Å². The first kappa shape index (κ1) is 30.4. The number of rotatable bonds is 18. The Morgan fingerprint density at radius 2 is 1.29 bits per heavy atom. The second-order valence-corrected chi connectivity index (χ2v) is 13.0. The Hall–Kier alpha value is 0.150. The van der Waals surface area contributed by atoms with Crippen molar-refractivity contribution in [3.05, 3.63) is 0 Å². The fourth-order valence-corrected chi connectivity index (χ4v) is 5.38. The van der Waals surface area contributed by atoms with Crippen molar-refractivity contribution in [3.63, 3.8) is 0 Å². The molecule has 8 heteroatoms. The van der Waals surface area contributed by atoms with Crippen LogP contribution in [0.15, 0.2) is 0 Å². The molecule has 2 heterocycles. The van der Waals surface area contributed by atoms with Gasteiger partial charge >= 0.3 is 0 Å². The minimum atomic E-state index is -1.22. The lowest BCUT2D eigenvalue weighted by atomic mass is 9.88. The third-order valence-corrected chi connectivity index (χ3v) is 7.95. The van der Waals surface area contributed by atoms with Crippen molar-refractivity contribution >= 4 is 8.38 Å². The zero-order valence-corrected chi connectivity index (χ0v) is 23.1. The van der Waals surface area contributed by atoms with E-state index in [0.717, 1.165) is 90.2 Å². The van der Waals surface area contributed by atoms with Crippen LogP contribution in [-0.4, -0.2) is 57.0 Å². The molecule has 2 fully saturated rings. The lowest BCUT2D eigenvalue weighted by Gasteiger charge is -2.29. The van der Waals surface area contributed by atoms with Gasteiger partial charge in [0.25, 0.3) is 0 Å². The fraction of sp³-hybridized carbons (Fsp3) is 1.00. The normalized spacial score (nSPS) is 23.2. The molecule has 2 saturated heterocycles. The summed E-state index contributed by atoms with van der Waals surface area (Å²) in [6.07, 6.45) is 13.6. The van der Waals surface area contributed by atoms with E-state index < -0.39 is 8.38 Å². The van der Waals surface area contributed by atoms with Gasteiger partial charge in [-0.3, -0.25) is 0 Å². The third-order valence-electron chi connectivity index (χ3n) is 6.61. The minimum Gasteiger partial charge on any atom is -0.353 e. The van der Waals surface area contributed by atoms with Crippen LogP contribution in [0.5, 0.6) is 0 Å². The molecule has 34 heavy (non-hydrogen) atoms. The molecule has 0 aliphatic carbocycles. The highest BCUT2D eigenvalue weighted by molar-refractivity contribution is 7.47. The molecule has 3 unspecified atom stereocenters. The van der Waals surface area contributed by atoms with Crippen LogP contribution in [0.25, 0.3) is 0 Å². The summed E-state index contributed by atoms with van der Waals surface area (Å²) in [5.41, 5.74) is 0.239. The monoisotopic (exact) mass is 506 g/mol. The van der Waals surface area contributed by atoms with Gasteiger partial charge in [0.15, 0.2) is 12.6 Å². The van der Waals surface area contributed by atoms with Crippen LogP contribution >= 0.6 is 8.38 Å². The van der Waals surface area contributed by atoms with E-state index in [9.17, 15) is 5.26 Å². The Morgan fingerprint density at radius 1 is 0.765 bits per heavy atom. The van der Waals surface area contributed by atoms with Crippen LogP contribution in [0.2, 0.25) is 0 Å². The quantitative estimate of drug-likeness (QED) is 0.0905. The van der Waals surface area contributed by atoms with Crippen LogP contribution < -0.4 is 0 Å². The highest BCUT2D eigenvalue weighted by Crippen LogP contribution is 2.39. The largest absolute Gasteiger partial charge is 0.353 e. The summed E-state index contributed by atoms with van der Waals surface area (Å²) >= 11 is 0. The van der Waals surface area contributed by atoms with E-state index in [2.05, 4.69) is 32.4 Å². The highest BCUT2D eigenvalue weighted by atomic mass is 31.2. The molecular weight excluding hydrogens is 455 g/mol. The van der Waals surface area contributed by atoms with Crippen LogP contribution in [0, 0.1) is 10.8 Å². The van der Waals surface area contributed by atoms with E-state index in [1.807, 2.05) is 0 Å². The SMILES string of the molecule is CC(C)(CCCCOP(CCCCC(C)(C)COC1CCCCO1)OO)COC1CCCCO1. The molecule has 0 radical (unpaired) electrons. The Labute approximate surface area is 209 Å². The molecule has 202 valence electrons. The number of unbranched alkanes of at least 4 members (excludes halogenated alkanes) is 2. The van der Waals surface area contributed by atoms with E-state index in [-0.39, 0.29) is 23.4 Å². The molecule has 0 amide bonds. The van der Waals surface area contributed by atoms with Crippen LogP contribution in [0.4, 0.5) is 0 Å². The summed E-state index contributed by atoms with van der Waals surface area (Å²) in [7, 11) is -1.22. The van der Waals surface area contributed by atoms with E-state index >= 15 is 0 Å². The average molecular weight is 507 g/mol. The van der Waals surface area contributed by atoms with Crippen LogP contribution in [-0.2, 0) is 28.1 Å². The summed E-state index contributed by atoms with van der Waals surface area (Å²) in [6, 6.07) is 0. The van der Waals surface area contributed by atoms with Gasteiger partial charge < -0.3 is 23.5 Å². The van der Waals surface area contributed by atoms with E-state index in [1.54, 1.807) is 0 Å². The molecule has 0 aromatic rings. The maximum absolute atomic E-state index is 9.23. The smallest absolute Gasteiger partial charge is 0.208 e. The zero-order chi connectivity index (χ0) is 24.7. The Morgan fingerprint density at radius 3 is 1.76 bits per heavy atom. The van der Waals surface area contributed by atoms with Gasteiger partial charge in [-0.1, -0.05) is 40.5 Å². The van der Waals surface area contributed by atoms with Gasteiger partial charge in [0.2, 0.25) is 8.38 Å². The van der Waals surface area contributed by atoms with Gasteiger partial charge in [-0.2, -0.15) is 4.67 Å². The number of hydrogen-bond donors (Lipinski definition) is 1. The molecule has 7 nitrogen and oxygen atoms in total. The molecule has 0 aromatic heterocycles. The molecule has 2 aliphatic heterocycles. The summed E-state index contributed by atoms with van der Waals surface area (Å²) in [6.45, 7) is 12.7. The molecular formula is C26H51O7P. The summed E-state index contributed by atoms with van der Waals surface area (Å²) in [4.78, 5) is 0. The van der Waals surface area contributed by atoms with E-state index in [0.29, 0.717) is 13.2 Å². The summed E-state index contributed by atoms with van der Waals surface area (Å²) in [5, 5.41) is 9.23. The van der Waals surface area contributed by atoms with E-state index in [1.165, 1.54) is 12.8 Å². The van der Waals surface area contributed by atoms with Crippen LogP contribution in [0.3, 0.4) is 0 Å². The van der Waals surface area contributed by atoms with Crippen molar-refractivity contribution < 1.29 is 33.4 Å². The Balaban J connectivity index is 1.48. The van der Waals surface area contributed by atoms with Gasteiger partial charge in [0, 0.05) is 19.4 Å². The van der Waals surface area contributed by atoms with Gasteiger partial charge in [0.1, 0.15) is 0 Å². The first-order chi connectivity index (χ1) is 16.3. The molecule has 0 spiro atoms. The molecule has 1 N–H and O–H groups in total. The first-order valence-corrected chi connectivity index (χ1v) is 14.8. The third kappa shape index (κ3) is 14.0. The molecule has 0 bridgehead atoms. The zero-order valence-electron chi connectivity index (χ0n) is 22.2. The minimum absolute atomic E-state index is 0.0226. The average Bonchev–Trinajstić information content (AvgIpc) is 2.84. The standard InChI is InChI=1S/C26H51O7P/c1-25(2,21-30-23-13-5-9-17-28-23)15-7-11-19-32-34(33-27)20-12-8-16-26(3,4)22-31-24-14-6-10-18-29-24/h23-24,27H,5-22H2,1-4H3. The van der Waals surface area contributed by atoms with Crippen molar-refractivity contribution in [1.82, 2.24) is 0 Å². The maximum Gasteiger partial charge on any atom is 0.208 e. The highest BCUT2D eigenvalue weighted by Gasteiger charge is 2.24. The molecule has 0 saturated carbocycles. The predicted molar refractivity (Wildman–Crippen MR) is 136 cm³/mol. The van der Waals surface area contributed by atoms with Gasteiger partial charge in [-0.05, 0) is 75.0 Å². The summed E-state index contributed by atoms with van der Waals surface area (Å²) in [5.74, 6) is 0. The number of ether oxygens (including phenoxy) is 4. The van der Waals surface area contributed by atoms with Crippen LogP contribution in [0.1, 0.15) is 105 Å². The van der Waals surface area contributed by atoms with Crippen molar-refractivity contribution in [2.24, 2.45) is 10.8 Å². The predicted octanol–water partition coefficient (Wildman–Crippen LogP) is 7.28. The van der Waals surface area contributed by atoms with Crippen molar-refractivity contribution in [2.45, 2.75) is 117 Å². The van der Waals surface area contributed by atoms with Gasteiger partial charge in [-0.25, -0.2) is 5.26 Å². The second kappa shape index (κ2) is 16.8. The Bertz CT molecular complexity index is 505. The molecule has 0 aromatic carbocycles. The molecule has 2 aliphatic rings. The molecule has 2 rings (SSSR count). The lowest BCUT2D eigenvalue weighted by molar-refractivity contribution is -0.176. The van der Waals surface area contributed by atoms with Crippen molar-refractivity contribution in [3.8, 4) is 0 Å². The maximum atomic E-state index is 9.23. The first-order valence-electron chi connectivity index (χ1n) is 13.5. The van der Waals surface area contributed by atoms with Gasteiger partial charge in [0.05, 0.1) is 19.8 Å². The topological polar surface area (TPSA) is 75.6 Å². The fourth-order valence-electron chi connectivity index (χ4n) is 4.31. The Kier molecular flexibility index (Phi) is 15.0. The van der Waals surface area contributed by atoms with Crippen molar-refractivity contribution in [1.29, 1.82) is 0 Å². The number of hydrogen-bond acceptors (Lipinski definition) is 7.